The fraction of sp³-hybridized carbons (Fsp3) is 0.391. The number of ether oxygens (including phenoxy) is 1. The summed E-state index contributed by atoms with van der Waals surface area (Å²) in [5.41, 5.74) is 1.40. The molecule has 30 heavy (non-hydrogen) atoms. The first kappa shape index (κ1) is 22.7. The molecule has 5 N–H and O–H groups in total. The highest BCUT2D eigenvalue weighted by atomic mass is 35.5. The number of benzene rings is 2. The highest BCUT2D eigenvalue weighted by Crippen LogP contribution is 2.40. The number of hydrogen-bond donors (Lipinski definition) is 5. The Morgan fingerprint density at radius 1 is 1.10 bits per heavy atom. The lowest BCUT2D eigenvalue weighted by Crippen LogP contribution is -2.61. The summed E-state index contributed by atoms with van der Waals surface area (Å²) in [6.45, 7) is 0.705. The standard InChI is InChI=1S/C23H25ClO6/c1-23(29)21(28)20(27)19(13-26)30-22(23)16-8-9-18(24)17(12-16)11-15-6-4-14(5-7-15)3-2-10-25/h4-9,12,19-22,25-29H,10-11,13H2,1H3/t19-,20-,21+,22+,23+/m1/s1. The molecule has 0 amide bonds. The van der Waals surface area contributed by atoms with Crippen LogP contribution in [0.3, 0.4) is 0 Å². The van der Waals surface area contributed by atoms with E-state index in [4.69, 9.17) is 21.4 Å². The first-order chi connectivity index (χ1) is 14.3. The van der Waals surface area contributed by atoms with E-state index < -0.39 is 36.6 Å². The van der Waals surface area contributed by atoms with Crippen molar-refractivity contribution in [1.82, 2.24) is 0 Å². The second-order valence-corrected chi connectivity index (χ2v) is 7.99. The van der Waals surface area contributed by atoms with Crippen molar-refractivity contribution >= 4 is 11.6 Å². The summed E-state index contributed by atoms with van der Waals surface area (Å²) in [5.74, 6) is 5.44. The third kappa shape index (κ3) is 4.69. The summed E-state index contributed by atoms with van der Waals surface area (Å²) in [7, 11) is 0. The molecule has 0 aromatic heterocycles. The molecule has 2 aromatic rings. The van der Waals surface area contributed by atoms with Gasteiger partial charge in [0.2, 0.25) is 0 Å². The van der Waals surface area contributed by atoms with Crippen LogP contribution in [0.2, 0.25) is 5.02 Å². The van der Waals surface area contributed by atoms with Gasteiger partial charge >= 0.3 is 0 Å². The van der Waals surface area contributed by atoms with Crippen LogP contribution < -0.4 is 0 Å². The Morgan fingerprint density at radius 2 is 1.80 bits per heavy atom. The molecule has 0 aliphatic carbocycles. The van der Waals surface area contributed by atoms with E-state index in [1.165, 1.54) is 6.92 Å². The highest BCUT2D eigenvalue weighted by molar-refractivity contribution is 6.31. The van der Waals surface area contributed by atoms with Crippen LogP contribution in [0.5, 0.6) is 0 Å². The third-order valence-electron chi connectivity index (χ3n) is 5.36. The van der Waals surface area contributed by atoms with Crippen LogP contribution in [0.15, 0.2) is 42.5 Å². The number of halogens is 1. The smallest absolute Gasteiger partial charge is 0.121 e. The number of aliphatic hydroxyl groups is 5. The predicted octanol–water partition coefficient (Wildman–Crippen LogP) is 1.18. The molecule has 0 saturated carbocycles. The molecule has 6 nitrogen and oxygen atoms in total. The maximum atomic E-state index is 10.8. The van der Waals surface area contributed by atoms with Crippen molar-refractivity contribution in [3.8, 4) is 11.8 Å². The highest BCUT2D eigenvalue weighted by Gasteiger charge is 2.52. The number of hydrogen-bond acceptors (Lipinski definition) is 6. The fourth-order valence-corrected chi connectivity index (χ4v) is 3.81. The first-order valence-electron chi connectivity index (χ1n) is 9.59. The molecule has 1 aliphatic rings. The zero-order valence-corrected chi connectivity index (χ0v) is 17.3. The van der Waals surface area contributed by atoms with Crippen molar-refractivity contribution in [3.63, 3.8) is 0 Å². The van der Waals surface area contributed by atoms with Crippen LogP contribution in [-0.4, -0.2) is 62.7 Å². The lowest BCUT2D eigenvalue weighted by Gasteiger charge is -2.46. The van der Waals surface area contributed by atoms with Crippen LogP contribution in [0.25, 0.3) is 0 Å². The molecule has 2 aromatic carbocycles. The lowest BCUT2D eigenvalue weighted by atomic mass is 9.80. The maximum absolute atomic E-state index is 10.8. The summed E-state index contributed by atoms with van der Waals surface area (Å²) in [4.78, 5) is 0. The topological polar surface area (TPSA) is 110 Å². The average Bonchev–Trinajstić information content (AvgIpc) is 2.74. The Bertz CT molecular complexity index is 931. The summed E-state index contributed by atoms with van der Waals surface area (Å²) >= 11 is 6.38. The predicted molar refractivity (Wildman–Crippen MR) is 112 cm³/mol. The molecule has 1 fully saturated rings. The molecule has 7 heteroatoms. The van der Waals surface area contributed by atoms with E-state index in [0.717, 1.165) is 16.7 Å². The summed E-state index contributed by atoms with van der Waals surface area (Å²) in [6.07, 6.45) is -4.35. The summed E-state index contributed by atoms with van der Waals surface area (Å²) in [6, 6.07) is 12.7. The normalized spacial score (nSPS) is 28.6. The molecular weight excluding hydrogens is 408 g/mol. The Balaban J connectivity index is 1.87. The quantitative estimate of drug-likeness (QED) is 0.464. The van der Waals surface area contributed by atoms with E-state index in [2.05, 4.69) is 11.8 Å². The Hall–Kier alpha value is -1.95. The zero-order chi connectivity index (χ0) is 21.9. The van der Waals surface area contributed by atoms with Gasteiger partial charge in [-0.1, -0.05) is 47.7 Å². The average molecular weight is 433 g/mol. The maximum Gasteiger partial charge on any atom is 0.121 e. The molecule has 0 bridgehead atoms. The molecule has 0 unspecified atom stereocenters. The number of aliphatic hydroxyl groups excluding tert-OH is 4. The van der Waals surface area contributed by atoms with E-state index in [1.807, 2.05) is 24.3 Å². The van der Waals surface area contributed by atoms with Gasteiger partial charge in [0.25, 0.3) is 0 Å². The molecular formula is C23H25ClO6. The van der Waals surface area contributed by atoms with Gasteiger partial charge < -0.3 is 30.3 Å². The van der Waals surface area contributed by atoms with E-state index in [0.29, 0.717) is 17.0 Å². The minimum atomic E-state index is -1.76. The monoisotopic (exact) mass is 432 g/mol. The first-order valence-corrected chi connectivity index (χ1v) is 9.97. The summed E-state index contributed by atoms with van der Waals surface area (Å²) in [5, 5.41) is 50.0. The molecule has 0 spiro atoms. The molecule has 0 radical (unpaired) electrons. The van der Waals surface area contributed by atoms with Crippen LogP contribution in [0.1, 0.15) is 35.3 Å². The van der Waals surface area contributed by atoms with Gasteiger partial charge in [-0.2, -0.15) is 0 Å². The van der Waals surface area contributed by atoms with E-state index in [9.17, 15) is 20.4 Å². The summed E-state index contributed by atoms with van der Waals surface area (Å²) < 4.78 is 5.73. The van der Waals surface area contributed by atoms with Gasteiger partial charge in [0.1, 0.15) is 36.6 Å². The van der Waals surface area contributed by atoms with E-state index >= 15 is 0 Å². The Kier molecular flexibility index (Phi) is 7.17. The second-order valence-electron chi connectivity index (χ2n) is 7.58. The van der Waals surface area contributed by atoms with Crippen molar-refractivity contribution in [1.29, 1.82) is 0 Å². The van der Waals surface area contributed by atoms with E-state index in [-0.39, 0.29) is 6.61 Å². The van der Waals surface area contributed by atoms with Crippen molar-refractivity contribution in [3.05, 3.63) is 69.7 Å². The zero-order valence-electron chi connectivity index (χ0n) is 16.5. The molecule has 1 saturated heterocycles. The van der Waals surface area contributed by atoms with Crippen LogP contribution in [0, 0.1) is 11.8 Å². The van der Waals surface area contributed by atoms with Gasteiger partial charge in [-0.25, -0.2) is 0 Å². The molecule has 1 aliphatic heterocycles. The second kappa shape index (κ2) is 9.46. The largest absolute Gasteiger partial charge is 0.394 e. The van der Waals surface area contributed by atoms with Gasteiger partial charge in [0.05, 0.1) is 6.61 Å². The Morgan fingerprint density at radius 3 is 2.43 bits per heavy atom. The van der Waals surface area contributed by atoms with Gasteiger partial charge in [0.15, 0.2) is 0 Å². The van der Waals surface area contributed by atoms with Crippen LogP contribution in [0.4, 0.5) is 0 Å². The van der Waals surface area contributed by atoms with Gasteiger partial charge in [-0.15, -0.1) is 0 Å². The number of rotatable bonds is 4. The minimum absolute atomic E-state index is 0.194. The van der Waals surface area contributed by atoms with Crippen molar-refractivity contribution in [2.24, 2.45) is 0 Å². The van der Waals surface area contributed by atoms with Crippen molar-refractivity contribution in [2.75, 3.05) is 13.2 Å². The molecule has 1 heterocycles. The van der Waals surface area contributed by atoms with E-state index in [1.54, 1.807) is 18.2 Å². The van der Waals surface area contributed by atoms with Crippen LogP contribution in [-0.2, 0) is 11.2 Å². The van der Waals surface area contributed by atoms with Gasteiger partial charge in [-0.05, 0) is 48.2 Å². The molecule has 160 valence electrons. The molecule has 3 rings (SSSR count). The van der Waals surface area contributed by atoms with Crippen LogP contribution >= 0.6 is 11.6 Å². The Labute approximate surface area is 180 Å². The third-order valence-corrected chi connectivity index (χ3v) is 5.73. The minimum Gasteiger partial charge on any atom is -0.394 e. The SMILES string of the molecule is C[C@@]1(O)[C@H](c2ccc(Cl)c(Cc3ccc(C#CCO)cc3)c2)O[C@H](CO)[C@@H](O)[C@@H]1O. The fourth-order valence-electron chi connectivity index (χ4n) is 3.62. The van der Waals surface area contributed by atoms with Crippen molar-refractivity contribution < 1.29 is 30.3 Å². The van der Waals surface area contributed by atoms with Crippen molar-refractivity contribution in [2.45, 2.75) is 43.4 Å². The van der Waals surface area contributed by atoms with Gasteiger partial charge in [-0.3, -0.25) is 0 Å². The lowest BCUT2D eigenvalue weighted by molar-refractivity contribution is -0.271. The van der Waals surface area contributed by atoms with Gasteiger partial charge in [0, 0.05) is 10.6 Å². The molecule has 5 atom stereocenters.